The molecule has 3 aromatic rings. The second kappa shape index (κ2) is 5.58. The summed E-state index contributed by atoms with van der Waals surface area (Å²) < 4.78 is 7.41. The van der Waals surface area contributed by atoms with E-state index in [4.69, 9.17) is 4.74 Å². The second-order valence-electron chi connectivity index (χ2n) is 5.10. The highest BCUT2D eigenvalue weighted by Crippen LogP contribution is 2.22. The van der Waals surface area contributed by atoms with Crippen LogP contribution in [0, 0.1) is 6.92 Å². The quantitative estimate of drug-likeness (QED) is 0.800. The van der Waals surface area contributed by atoms with E-state index in [2.05, 4.69) is 21.7 Å². The minimum atomic E-state index is 0.0337. The third-order valence-electron chi connectivity index (χ3n) is 3.59. The molecule has 0 saturated carbocycles. The van der Waals surface area contributed by atoms with Crippen molar-refractivity contribution in [2.75, 3.05) is 7.11 Å². The van der Waals surface area contributed by atoms with Gasteiger partial charge in [-0.15, -0.1) is 0 Å². The molecule has 4 heteroatoms. The number of rotatable bonds is 4. The summed E-state index contributed by atoms with van der Waals surface area (Å²) in [6, 6.07) is 11.9. The third-order valence-corrected chi connectivity index (χ3v) is 3.59. The first kappa shape index (κ1) is 13.6. The van der Waals surface area contributed by atoms with E-state index in [1.165, 1.54) is 0 Å². The van der Waals surface area contributed by atoms with Crippen molar-refractivity contribution < 1.29 is 9.84 Å². The van der Waals surface area contributed by atoms with Crippen LogP contribution in [-0.4, -0.2) is 21.8 Å². The Labute approximate surface area is 123 Å². The lowest BCUT2D eigenvalue weighted by Gasteiger charge is -2.10. The number of benzene rings is 1. The summed E-state index contributed by atoms with van der Waals surface area (Å²) >= 11 is 0. The molecule has 0 aliphatic heterocycles. The SMILES string of the molecule is COc1cc(C)nc(Cn2ccc3cccc(CO)c32)c1. The normalized spacial score (nSPS) is 11.0. The van der Waals surface area contributed by atoms with E-state index in [1.54, 1.807) is 7.11 Å². The Morgan fingerprint density at radius 3 is 2.86 bits per heavy atom. The molecule has 2 heterocycles. The summed E-state index contributed by atoms with van der Waals surface area (Å²) in [7, 11) is 1.66. The smallest absolute Gasteiger partial charge is 0.122 e. The van der Waals surface area contributed by atoms with Gasteiger partial charge in [0.1, 0.15) is 5.75 Å². The van der Waals surface area contributed by atoms with Gasteiger partial charge in [-0.25, -0.2) is 0 Å². The van der Waals surface area contributed by atoms with Crippen LogP contribution in [0.3, 0.4) is 0 Å². The predicted molar refractivity (Wildman–Crippen MR) is 82.5 cm³/mol. The van der Waals surface area contributed by atoms with Crippen molar-refractivity contribution in [2.24, 2.45) is 0 Å². The van der Waals surface area contributed by atoms with Gasteiger partial charge in [-0.3, -0.25) is 4.98 Å². The molecule has 2 aromatic heterocycles. The van der Waals surface area contributed by atoms with Crippen LogP contribution >= 0.6 is 0 Å². The minimum Gasteiger partial charge on any atom is -0.497 e. The van der Waals surface area contributed by atoms with Gasteiger partial charge in [-0.1, -0.05) is 18.2 Å². The highest BCUT2D eigenvalue weighted by molar-refractivity contribution is 5.83. The third kappa shape index (κ3) is 2.62. The van der Waals surface area contributed by atoms with Crippen LogP contribution in [0.4, 0.5) is 0 Å². The van der Waals surface area contributed by atoms with Crippen LogP contribution in [0.5, 0.6) is 5.75 Å². The molecule has 4 nitrogen and oxygen atoms in total. The number of aliphatic hydroxyl groups is 1. The molecule has 0 aliphatic carbocycles. The predicted octanol–water partition coefficient (Wildman–Crippen LogP) is 2.89. The number of para-hydroxylation sites is 1. The van der Waals surface area contributed by atoms with Crippen molar-refractivity contribution in [3.8, 4) is 5.75 Å². The van der Waals surface area contributed by atoms with E-state index in [-0.39, 0.29) is 6.61 Å². The average molecular weight is 282 g/mol. The van der Waals surface area contributed by atoms with Gasteiger partial charge < -0.3 is 14.4 Å². The molecule has 0 amide bonds. The van der Waals surface area contributed by atoms with E-state index in [0.29, 0.717) is 6.54 Å². The number of fused-ring (bicyclic) bond motifs is 1. The molecule has 0 aliphatic rings. The van der Waals surface area contributed by atoms with Crippen molar-refractivity contribution in [1.29, 1.82) is 0 Å². The maximum Gasteiger partial charge on any atom is 0.122 e. The van der Waals surface area contributed by atoms with Crippen LogP contribution < -0.4 is 4.74 Å². The summed E-state index contributed by atoms with van der Waals surface area (Å²) in [5, 5.41) is 10.6. The van der Waals surface area contributed by atoms with Gasteiger partial charge in [0.15, 0.2) is 0 Å². The molecule has 0 unspecified atom stereocenters. The monoisotopic (exact) mass is 282 g/mol. The largest absolute Gasteiger partial charge is 0.497 e. The summed E-state index contributed by atoms with van der Waals surface area (Å²) in [4.78, 5) is 4.56. The second-order valence-corrected chi connectivity index (χ2v) is 5.10. The van der Waals surface area contributed by atoms with Crippen molar-refractivity contribution in [1.82, 2.24) is 9.55 Å². The fraction of sp³-hybridized carbons (Fsp3) is 0.235. The number of hydrogen-bond donors (Lipinski definition) is 1. The van der Waals surface area contributed by atoms with Gasteiger partial charge in [0.05, 0.1) is 31.5 Å². The molecule has 21 heavy (non-hydrogen) atoms. The van der Waals surface area contributed by atoms with Crippen LogP contribution in [-0.2, 0) is 13.2 Å². The van der Waals surface area contributed by atoms with Crippen LogP contribution in [0.15, 0.2) is 42.6 Å². The standard InChI is InChI=1S/C17H18N2O2/c1-12-8-16(21-2)9-15(18-12)10-19-7-6-13-4-3-5-14(11-20)17(13)19/h3-9,20H,10-11H2,1-2H3. The number of methoxy groups -OCH3 is 1. The first-order chi connectivity index (χ1) is 10.2. The van der Waals surface area contributed by atoms with Gasteiger partial charge >= 0.3 is 0 Å². The molecule has 1 aromatic carbocycles. The van der Waals surface area contributed by atoms with E-state index < -0.39 is 0 Å². The molecule has 0 bridgehead atoms. The molecule has 0 radical (unpaired) electrons. The van der Waals surface area contributed by atoms with Crippen LogP contribution in [0.1, 0.15) is 17.0 Å². The summed E-state index contributed by atoms with van der Waals surface area (Å²) in [6.45, 7) is 2.64. The molecule has 0 spiro atoms. The van der Waals surface area contributed by atoms with Gasteiger partial charge in [0.25, 0.3) is 0 Å². The number of nitrogens with zero attached hydrogens (tertiary/aromatic N) is 2. The number of pyridine rings is 1. The van der Waals surface area contributed by atoms with Crippen LogP contribution in [0.25, 0.3) is 10.9 Å². The number of aromatic nitrogens is 2. The zero-order valence-electron chi connectivity index (χ0n) is 12.2. The number of aliphatic hydroxyl groups excluding tert-OH is 1. The molecule has 0 saturated heterocycles. The molecule has 0 fully saturated rings. The first-order valence-corrected chi connectivity index (χ1v) is 6.90. The van der Waals surface area contributed by atoms with E-state index in [1.807, 2.05) is 37.4 Å². The van der Waals surface area contributed by atoms with Crippen molar-refractivity contribution >= 4 is 10.9 Å². The first-order valence-electron chi connectivity index (χ1n) is 6.90. The summed E-state index contributed by atoms with van der Waals surface area (Å²) in [5.74, 6) is 0.816. The topological polar surface area (TPSA) is 47.3 Å². The fourth-order valence-corrected chi connectivity index (χ4v) is 2.68. The molecular formula is C17H18N2O2. The number of hydrogen-bond acceptors (Lipinski definition) is 3. The van der Waals surface area contributed by atoms with Crippen molar-refractivity contribution in [2.45, 2.75) is 20.1 Å². The summed E-state index contributed by atoms with van der Waals surface area (Å²) in [6.07, 6.45) is 2.03. The number of ether oxygens (including phenoxy) is 1. The Balaban J connectivity index is 2.04. The maximum absolute atomic E-state index is 9.52. The molecule has 0 atom stereocenters. The molecular weight excluding hydrogens is 264 g/mol. The maximum atomic E-state index is 9.52. The highest BCUT2D eigenvalue weighted by Gasteiger charge is 2.08. The van der Waals surface area contributed by atoms with Gasteiger partial charge in [0, 0.05) is 29.6 Å². The van der Waals surface area contributed by atoms with Crippen molar-refractivity contribution in [3.05, 3.63) is 59.5 Å². The molecule has 108 valence electrons. The lowest BCUT2D eigenvalue weighted by atomic mass is 10.1. The Kier molecular flexibility index (Phi) is 3.62. The van der Waals surface area contributed by atoms with Crippen LogP contribution in [0.2, 0.25) is 0 Å². The Hall–Kier alpha value is -2.33. The van der Waals surface area contributed by atoms with E-state index in [9.17, 15) is 5.11 Å². The Morgan fingerprint density at radius 1 is 1.24 bits per heavy atom. The van der Waals surface area contributed by atoms with Gasteiger partial charge in [0.2, 0.25) is 0 Å². The lowest BCUT2D eigenvalue weighted by molar-refractivity contribution is 0.283. The van der Waals surface area contributed by atoms with Crippen molar-refractivity contribution in [3.63, 3.8) is 0 Å². The summed E-state index contributed by atoms with van der Waals surface area (Å²) in [5.41, 5.74) is 3.86. The Bertz CT molecular complexity index is 778. The molecule has 1 N–H and O–H groups in total. The van der Waals surface area contributed by atoms with E-state index in [0.717, 1.165) is 33.6 Å². The minimum absolute atomic E-state index is 0.0337. The van der Waals surface area contributed by atoms with Gasteiger partial charge in [-0.2, -0.15) is 0 Å². The fourth-order valence-electron chi connectivity index (χ4n) is 2.68. The zero-order valence-corrected chi connectivity index (χ0v) is 12.2. The average Bonchev–Trinajstić information content (AvgIpc) is 2.90. The molecule has 3 rings (SSSR count). The zero-order chi connectivity index (χ0) is 14.8. The number of aryl methyl sites for hydroxylation is 1. The van der Waals surface area contributed by atoms with E-state index >= 15 is 0 Å². The van der Waals surface area contributed by atoms with Gasteiger partial charge in [-0.05, 0) is 18.4 Å². The highest BCUT2D eigenvalue weighted by atomic mass is 16.5. The Morgan fingerprint density at radius 2 is 2.10 bits per heavy atom. The lowest BCUT2D eigenvalue weighted by Crippen LogP contribution is -2.03.